The first-order valence-corrected chi connectivity index (χ1v) is 8.25. The largest absolute Gasteiger partial charge is 0.348 e. The summed E-state index contributed by atoms with van der Waals surface area (Å²) in [5.41, 5.74) is 1.54. The van der Waals surface area contributed by atoms with Crippen LogP contribution in [0.15, 0.2) is 48.7 Å². The Morgan fingerprint density at radius 1 is 1.12 bits per heavy atom. The summed E-state index contributed by atoms with van der Waals surface area (Å²) in [6.07, 6.45) is 5.84. The van der Waals surface area contributed by atoms with Crippen molar-refractivity contribution in [3.8, 4) is 0 Å². The first kappa shape index (κ1) is 16.2. The highest BCUT2D eigenvalue weighted by atomic mass is 16.2. The van der Waals surface area contributed by atoms with E-state index in [2.05, 4.69) is 10.3 Å². The zero-order valence-corrected chi connectivity index (χ0v) is 13.7. The van der Waals surface area contributed by atoms with Crippen LogP contribution in [0.25, 0.3) is 0 Å². The van der Waals surface area contributed by atoms with E-state index in [1.165, 1.54) is 6.20 Å². The second kappa shape index (κ2) is 7.25. The first-order valence-electron chi connectivity index (χ1n) is 8.25. The molecule has 0 bridgehead atoms. The van der Waals surface area contributed by atoms with Gasteiger partial charge in [-0.25, -0.2) is 0 Å². The van der Waals surface area contributed by atoms with E-state index >= 15 is 0 Å². The summed E-state index contributed by atoms with van der Waals surface area (Å²) >= 11 is 0. The zero-order chi connectivity index (χ0) is 16.9. The number of anilines is 1. The SMILES string of the molecule is CN(C(=O)c1ccnc(C(=O)NC2CCCC2)c1)c1ccccc1. The predicted octanol–water partition coefficient (Wildman–Crippen LogP) is 3.03. The molecule has 1 fully saturated rings. The molecule has 1 heterocycles. The Morgan fingerprint density at radius 2 is 1.83 bits per heavy atom. The van der Waals surface area contributed by atoms with Gasteiger partial charge in [-0.2, -0.15) is 0 Å². The number of nitrogens with one attached hydrogen (secondary N) is 1. The number of hydrogen-bond acceptors (Lipinski definition) is 3. The summed E-state index contributed by atoms with van der Waals surface area (Å²) in [4.78, 5) is 30.6. The van der Waals surface area contributed by atoms with Gasteiger partial charge in [-0.15, -0.1) is 0 Å². The smallest absolute Gasteiger partial charge is 0.270 e. The van der Waals surface area contributed by atoms with E-state index in [0.717, 1.165) is 31.4 Å². The van der Waals surface area contributed by atoms with Crippen LogP contribution in [0.1, 0.15) is 46.5 Å². The van der Waals surface area contributed by atoms with E-state index < -0.39 is 0 Å². The lowest BCUT2D eigenvalue weighted by Gasteiger charge is -2.17. The zero-order valence-electron chi connectivity index (χ0n) is 13.7. The molecule has 5 nitrogen and oxygen atoms in total. The number of carbonyl (C=O) groups excluding carboxylic acids is 2. The second-order valence-corrected chi connectivity index (χ2v) is 6.08. The van der Waals surface area contributed by atoms with E-state index in [1.807, 2.05) is 30.3 Å². The predicted molar refractivity (Wildman–Crippen MR) is 93.1 cm³/mol. The van der Waals surface area contributed by atoms with Gasteiger partial charge >= 0.3 is 0 Å². The molecule has 1 saturated carbocycles. The monoisotopic (exact) mass is 323 g/mol. The minimum absolute atomic E-state index is 0.168. The van der Waals surface area contributed by atoms with Crippen molar-refractivity contribution < 1.29 is 9.59 Å². The van der Waals surface area contributed by atoms with Gasteiger partial charge in [-0.05, 0) is 37.1 Å². The number of aromatic nitrogens is 1. The quantitative estimate of drug-likeness (QED) is 0.941. The fourth-order valence-electron chi connectivity index (χ4n) is 2.98. The maximum atomic E-state index is 12.6. The average Bonchev–Trinajstić information content (AvgIpc) is 3.14. The molecule has 1 aromatic heterocycles. The fourth-order valence-corrected chi connectivity index (χ4v) is 2.98. The Kier molecular flexibility index (Phi) is 4.89. The Morgan fingerprint density at radius 3 is 2.54 bits per heavy atom. The van der Waals surface area contributed by atoms with Gasteiger partial charge in [0.1, 0.15) is 5.69 Å². The summed E-state index contributed by atoms with van der Waals surface area (Å²) in [5, 5.41) is 3.00. The lowest BCUT2D eigenvalue weighted by molar-refractivity contribution is 0.0933. The number of nitrogens with zero attached hydrogens (tertiary/aromatic N) is 2. The molecule has 1 aliphatic carbocycles. The molecular weight excluding hydrogens is 302 g/mol. The molecule has 0 spiro atoms. The third-order valence-electron chi connectivity index (χ3n) is 4.38. The van der Waals surface area contributed by atoms with E-state index in [4.69, 9.17) is 0 Å². The van der Waals surface area contributed by atoms with Gasteiger partial charge in [0, 0.05) is 30.5 Å². The molecule has 1 aliphatic rings. The lowest BCUT2D eigenvalue weighted by atomic mass is 10.1. The fraction of sp³-hybridized carbons (Fsp3) is 0.316. The van der Waals surface area contributed by atoms with Crippen molar-refractivity contribution in [1.29, 1.82) is 0 Å². The average molecular weight is 323 g/mol. The molecule has 2 amide bonds. The molecule has 5 heteroatoms. The van der Waals surface area contributed by atoms with E-state index in [9.17, 15) is 9.59 Å². The lowest BCUT2D eigenvalue weighted by Crippen LogP contribution is -2.33. The Balaban J connectivity index is 1.74. The maximum Gasteiger partial charge on any atom is 0.270 e. The topological polar surface area (TPSA) is 62.3 Å². The van der Waals surface area contributed by atoms with Gasteiger partial charge in [0.25, 0.3) is 11.8 Å². The number of carbonyl (C=O) groups is 2. The molecule has 24 heavy (non-hydrogen) atoms. The van der Waals surface area contributed by atoms with Gasteiger partial charge in [-0.3, -0.25) is 14.6 Å². The molecule has 0 atom stereocenters. The number of para-hydroxylation sites is 1. The summed E-state index contributed by atoms with van der Waals surface area (Å²) in [5.74, 6) is -0.377. The highest BCUT2D eigenvalue weighted by molar-refractivity contribution is 6.06. The molecule has 1 N–H and O–H groups in total. The third-order valence-corrected chi connectivity index (χ3v) is 4.38. The molecule has 2 aromatic rings. The third kappa shape index (κ3) is 3.62. The van der Waals surface area contributed by atoms with Crippen LogP contribution in [-0.4, -0.2) is 29.9 Å². The minimum Gasteiger partial charge on any atom is -0.348 e. The van der Waals surface area contributed by atoms with Crippen LogP contribution in [-0.2, 0) is 0 Å². The minimum atomic E-state index is -0.209. The Hall–Kier alpha value is -2.69. The molecule has 0 aliphatic heterocycles. The van der Waals surface area contributed by atoms with Crippen LogP contribution in [0, 0.1) is 0 Å². The molecule has 1 aromatic carbocycles. The molecule has 124 valence electrons. The first-order chi connectivity index (χ1) is 11.6. The van der Waals surface area contributed by atoms with Crippen molar-refractivity contribution in [3.63, 3.8) is 0 Å². The van der Waals surface area contributed by atoms with Crippen LogP contribution in [0.3, 0.4) is 0 Å². The number of pyridine rings is 1. The van der Waals surface area contributed by atoms with Gasteiger partial charge in [-0.1, -0.05) is 31.0 Å². The number of benzene rings is 1. The van der Waals surface area contributed by atoms with Crippen molar-refractivity contribution in [1.82, 2.24) is 10.3 Å². The molecular formula is C19H21N3O2. The summed E-state index contributed by atoms with van der Waals surface area (Å²) in [6.45, 7) is 0. The Labute approximate surface area is 141 Å². The number of amides is 2. The van der Waals surface area contributed by atoms with Gasteiger partial charge < -0.3 is 10.2 Å². The highest BCUT2D eigenvalue weighted by Crippen LogP contribution is 2.18. The maximum absolute atomic E-state index is 12.6. The van der Waals surface area contributed by atoms with Crippen molar-refractivity contribution in [3.05, 3.63) is 59.9 Å². The van der Waals surface area contributed by atoms with E-state index in [-0.39, 0.29) is 23.6 Å². The number of rotatable bonds is 4. The van der Waals surface area contributed by atoms with Gasteiger partial charge in [0.05, 0.1) is 0 Å². The highest BCUT2D eigenvalue weighted by Gasteiger charge is 2.20. The number of hydrogen-bond donors (Lipinski definition) is 1. The van der Waals surface area contributed by atoms with Gasteiger partial charge in [0.2, 0.25) is 0 Å². The van der Waals surface area contributed by atoms with Crippen LogP contribution < -0.4 is 10.2 Å². The summed E-state index contributed by atoms with van der Waals surface area (Å²) < 4.78 is 0. The van der Waals surface area contributed by atoms with Crippen molar-refractivity contribution >= 4 is 17.5 Å². The Bertz CT molecular complexity index is 724. The van der Waals surface area contributed by atoms with Crippen molar-refractivity contribution in [2.75, 3.05) is 11.9 Å². The van der Waals surface area contributed by atoms with E-state index in [1.54, 1.807) is 24.1 Å². The summed E-state index contributed by atoms with van der Waals surface area (Å²) in [6, 6.07) is 12.8. The molecule has 3 rings (SSSR count). The second-order valence-electron chi connectivity index (χ2n) is 6.08. The molecule has 0 radical (unpaired) electrons. The summed E-state index contributed by atoms with van der Waals surface area (Å²) in [7, 11) is 1.72. The van der Waals surface area contributed by atoms with Crippen LogP contribution in [0.4, 0.5) is 5.69 Å². The van der Waals surface area contributed by atoms with Crippen molar-refractivity contribution in [2.24, 2.45) is 0 Å². The molecule has 0 unspecified atom stereocenters. The van der Waals surface area contributed by atoms with Crippen LogP contribution in [0.5, 0.6) is 0 Å². The molecule has 0 saturated heterocycles. The van der Waals surface area contributed by atoms with Crippen molar-refractivity contribution in [2.45, 2.75) is 31.7 Å². The van der Waals surface area contributed by atoms with Gasteiger partial charge in [0.15, 0.2) is 0 Å². The normalized spacial score (nSPS) is 14.4. The van der Waals surface area contributed by atoms with Crippen LogP contribution in [0.2, 0.25) is 0 Å². The van der Waals surface area contributed by atoms with E-state index in [0.29, 0.717) is 5.56 Å². The van der Waals surface area contributed by atoms with Crippen LogP contribution >= 0.6 is 0 Å². The standard InChI is InChI=1S/C19H21N3O2/c1-22(16-9-3-2-4-10-16)19(24)14-11-12-20-17(13-14)18(23)21-15-7-5-6-8-15/h2-4,9-13,15H,5-8H2,1H3,(H,21,23).